The van der Waals surface area contributed by atoms with Crippen molar-refractivity contribution in [2.75, 3.05) is 18.4 Å². The van der Waals surface area contributed by atoms with Crippen molar-refractivity contribution in [3.63, 3.8) is 0 Å². The van der Waals surface area contributed by atoms with Crippen molar-refractivity contribution in [3.8, 4) is 5.75 Å². The number of halogens is 3. The van der Waals surface area contributed by atoms with Gasteiger partial charge in [0, 0.05) is 5.69 Å². The number of anilines is 1. The molecule has 0 saturated carbocycles. The third kappa shape index (κ3) is 4.23. The molecule has 0 unspecified atom stereocenters. The fraction of sp³-hybridized carbons (Fsp3) is 0.417. The number of ether oxygens (including phenoxy) is 1. The number of amides is 2. The van der Waals surface area contributed by atoms with Gasteiger partial charge in [-0.1, -0.05) is 0 Å². The summed E-state index contributed by atoms with van der Waals surface area (Å²) in [4.78, 5) is 13.0. The summed E-state index contributed by atoms with van der Waals surface area (Å²) < 4.78 is 39.7. The van der Waals surface area contributed by atoms with E-state index in [-0.39, 0.29) is 18.8 Å². The Balaban J connectivity index is 1.93. The Morgan fingerprint density at radius 2 is 1.71 bits per heavy atom. The van der Waals surface area contributed by atoms with Crippen LogP contribution in [0.2, 0.25) is 0 Å². The molecule has 116 valence electrons. The van der Waals surface area contributed by atoms with E-state index in [1.165, 1.54) is 17.0 Å². The highest BCUT2D eigenvalue weighted by Crippen LogP contribution is 2.24. The van der Waals surface area contributed by atoms with Crippen LogP contribution in [-0.2, 0) is 0 Å². The van der Waals surface area contributed by atoms with Crippen LogP contribution in [0.3, 0.4) is 0 Å². The molecule has 0 spiro atoms. The number of hydrogen-bond acceptors (Lipinski definition) is 4. The van der Waals surface area contributed by atoms with Gasteiger partial charge in [0.25, 0.3) is 0 Å². The van der Waals surface area contributed by atoms with Crippen molar-refractivity contribution in [3.05, 3.63) is 24.3 Å². The van der Waals surface area contributed by atoms with E-state index in [0.717, 1.165) is 12.1 Å². The first-order valence-corrected chi connectivity index (χ1v) is 6.02. The summed E-state index contributed by atoms with van der Waals surface area (Å²) >= 11 is 0. The molecule has 3 N–H and O–H groups in total. The summed E-state index contributed by atoms with van der Waals surface area (Å²) in [5.41, 5.74) is 0.269. The van der Waals surface area contributed by atoms with Gasteiger partial charge in [-0.3, -0.25) is 0 Å². The zero-order chi connectivity index (χ0) is 15.6. The quantitative estimate of drug-likeness (QED) is 0.765. The average molecular weight is 306 g/mol. The minimum absolute atomic E-state index is 0.0116. The number of aliphatic hydroxyl groups excluding tert-OH is 2. The fourth-order valence-electron chi connectivity index (χ4n) is 1.88. The molecule has 1 heterocycles. The van der Waals surface area contributed by atoms with Gasteiger partial charge < -0.3 is 25.2 Å². The molecule has 0 aliphatic carbocycles. The number of aliphatic hydroxyl groups is 2. The lowest BCUT2D eigenvalue weighted by molar-refractivity contribution is -0.274. The van der Waals surface area contributed by atoms with Crippen molar-refractivity contribution < 1.29 is 32.9 Å². The van der Waals surface area contributed by atoms with Crippen molar-refractivity contribution in [1.82, 2.24) is 4.90 Å². The van der Waals surface area contributed by atoms with Crippen molar-refractivity contribution in [2.45, 2.75) is 18.6 Å². The summed E-state index contributed by atoms with van der Waals surface area (Å²) in [7, 11) is 0. The minimum atomic E-state index is -4.77. The van der Waals surface area contributed by atoms with Crippen molar-refractivity contribution in [2.24, 2.45) is 0 Å². The second-order valence-electron chi connectivity index (χ2n) is 4.54. The van der Waals surface area contributed by atoms with Crippen molar-refractivity contribution in [1.29, 1.82) is 0 Å². The van der Waals surface area contributed by atoms with E-state index >= 15 is 0 Å². The maximum Gasteiger partial charge on any atom is 0.573 e. The highest BCUT2D eigenvalue weighted by atomic mass is 19.4. The molecule has 1 aliphatic heterocycles. The number of hydrogen-bond donors (Lipinski definition) is 3. The lowest BCUT2D eigenvalue weighted by Crippen LogP contribution is -2.33. The molecule has 6 nitrogen and oxygen atoms in total. The topological polar surface area (TPSA) is 82.0 Å². The molecule has 1 aromatic rings. The van der Waals surface area contributed by atoms with Gasteiger partial charge >= 0.3 is 12.4 Å². The van der Waals surface area contributed by atoms with Crippen LogP contribution in [0.25, 0.3) is 0 Å². The van der Waals surface area contributed by atoms with Gasteiger partial charge in [-0.05, 0) is 24.3 Å². The van der Waals surface area contributed by atoms with Crippen LogP contribution in [0, 0.1) is 0 Å². The fourth-order valence-corrected chi connectivity index (χ4v) is 1.88. The molecule has 2 amide bonds. The Hall–Kier alpha value is -2.00. The van der Waals surface area contributed by atoms with Crippen molar-refractivity contribution >= 4 is 11.7 Å². The van der Waals surface area contributed by atoms with E-state index in [2.05, 4.69) is 10.1 Å². The molecular weight excluding hydrogens is 293 g/mol. The molecule has 2 atom stereocenters. The van der Waals surface area contributed by atoms with Crippen LogP contribution in [0.1, 0.15) is 0 Å². The second-order valence-corrected chi connectivity index (χ2v) is 4.54. The number of likely N-dealkylation sites (tertiary alicyclic amines) is 1. The first-order valence-electron chi connectivity index (χ1n) is 6.02. The van der Waals surface area contributed by atoms with E-state index in [1.54, 1.807) is 0 Å². The predicted octanol–water partition coefficient (Wildman–Crippen LogP) is 1.15. The Bertz CT molecular complexity index is 496. The lowest BCUT2D eigenvalue weighted by atomic mass is 10.3. The predicted molar refractivity (Wildman–Crippen MR) is 65.7 cm³/mol. The van der Waals surface area contributed by atoms with Crippen LogP contribution in [0.4, 0.5) is 23.7 Å². The largest absolute Gasteiger partial charge is 0.573 e. The van der Waals surface area contributed by atoms with Crippen LogP contribution in [0.5, 0.6) is 5.75 Å². The smallest absolute Gasteiger partial charge is 0.406 e. The first-order chi connectivity index (χ1) is 9.74. The molecule has 1 saturated heterocycles. The number of alkyl halides is 3. The maximum atomic E-state index is 12.0. The third-order valence-corrected chi connectivity index (χ3v) is 2.89. The van der Waals surface area contributed by atoms with Crippen LogP contribution >= 0.6 is 0 Å². The third-order valence-electron chi connectivity index (χ3n) is 2.89. The summed E-state index contributed by atoms with van der Waals surface area (Å²) in [6.45, 7) is -0.0233. The Morgan fingerprint density at radius 3 is 2.19 bits per heavy atom. The Kier molecular flexibility index (Phi) is 4.24. The first kappa shape index (κ1) is 15.4. The molecule has 21 heavy (non-hydrogen) atoms. The molecular formula is C12H13F3N2O4. The summed E-state index contributed by atoms with van der Waals surface area (Å²) in [5.74, 6) is -0.396. The summed E-state index contributed by atoms with van der Waals surface area (Å²) in [6.07, 6.45) is -6.77. The SMILES string of the molecule is O=C(Nc1ccc(OC(F)(F)F)cc1)N1C[C@@H](O)[C@@H](O)C1. The highest BCUT2D eigenvalue weighted by molar-refractivity contribution is 5.89. The Labute approximate surface area is 117 Å². The van der Waals surface area contributed by atoms with Gasteiger partial charge in [0.2, 0.25) is 0 Å². The van der Waals surface area contributed by atoms with Crippen LogP contribution in [-0.4, -0.2) is 52.8 Å². The maximum absolute atomic E-state index is 12.0. The van der Waals surface area contributed by atoms with E-state index in [4.69, 9.17) is 0 Å². The zero-order valence-electron chi connectivity index (χ0n) is 10.7. The van der Waals surface area contributed by atoms with Gasteiger partial charge in [0.05, 0.1) is 25.3 Å². The summed E-state index contributed by atoms with van der Waals surface area (Å²) in [6, 6.07) is 4.08. The van der Waals surface area contributed by atoms with E-state index in [1.807, 2.05) is 0 Å². The number of nitrogens with zero attached hydrogens (tertiary/aromatic N) is 1. The Morgan fingerprint density at radius 1 is 1.19 bits per heavy atom. The number of carbonyl (C=O) groups is 1. The number of carbonyl (C=O) groups excluding carboxylic acids is 1. The summed E-state index contributed by atoms with van der Waals surface area (Å²) in [5, 5.41) is 21.1. The molecule has 2 rings (SSSR count). The number of benzene rings is 1. The minimum Gasteiger partial charge on any atom is -0.406 e. The van der Waals surface area contributed by atoms with Gasteiger partial charge in [0.1, 0.15) is 5.75 Å². The molecule has 0 bridgehead atoms. The van der Waals surface area contributed by atoms with Gasteiger partial charge in [0.15, 0.2) is 0 Å². The van der Waals surface area contributed by atoms with Gasteiger partial charge in [-0.25, -0.2) is 4.79 Å². The number of urea groups is 1. The van der Waals surface area contributed by atoms with Crippen LogP contribution < -0.4 is 10.1 Å². The second kappa shape index (κ2) is 5.78. The molecule has 1 aliphatic rings. The van der Waals surface area contributed by atoms with E-state index in [9.17, 15) is 28.2 Å². The van der Waals surface area contributed by atoms with E-state index in [0.29, 0.717) is 0 Å². The molecule has 0 radical (unpaired) electrons. The lowest BCUT2D eigenvalue weighted by Gasteiger charge is -2.16. The number of rotatable bonds is 2. The zero-order valence-corrected chi connectivity index (χ0v) is 10.7. The monoisotopic (exact) mass is 306 g/mol. The normalized spacial score (nSPS) is 22.2. The molecule has 1 aromatic carbocycles. The average Bonchev–Trinajstić information content (AvgIpc) is 2.70. The standard InChI is InChI=1S/C12H13F3N2O4/c13-12(14,15)21-8-3-1-7(2-4-8)16-11(20)17-5-9(18)10(19)6-17/h1-4,9-10,18-19H,5-6H2,(H,16,20)/t9-,10+. The molecule has 0 aromatic heterocycles. The number of β-amino-alcohol motifs (C(OH)–C–C–N with tert-alkyl or cyclic N) is 2. The van der Waals surface area contributed by atoms with Gasteiger partial charge in [-0.2, -0.15) is 0 Å². The highest BCUT2D eigenvalue weighted by Gasteiger charge is 2.33. The van der Waals surface area contributed by atoms with Gasteiger partial charge in [-0.15, -0.1) is 13.2 Å². The number of nitrogens with one attached hydrogen (secondary N) is 1. The molecule has 9 heteroatoms. The van der Waals surface area contributed by atoms with Crippen LogP contribution in [0.15, 0.2) is 24.3 Å². The van der Waals surface area contributed by atoms with E-state index < -0.39 is 30.4 Å². The molecule has 1 fully saturated rings.